The van der Waals surface area contributed by atoms with Crippen LogP contribution >= 0.6 is 0 Å². The van der Waals surface area contributed by atoms with Crippen LogP contribution in [0, 0.1) is 0 Å². The highest BCUT2D eigenvalue weighted by atomic mass is 16.5. The maximum absolute atomic E-state index is 12.9. The number of aromatic amines is 1. The minimum Gasteiger partial charge on any atom is -0.497 e. The molecule has 0 spiro atoms. The van der Waals surface area contributed by atoms with Crippen LogP contribution in [0.25, 0.3) is 17.0 Å². The van der Waals surface area contributed by atoms with E-state index in [1.807, 2.05) is 32.0 Å². The largest absolute Gasteiger partial charge is 0.497 e. The number of carbonyl (C=O) groups is 1. The van der Waals surface area contributed by atoms with Gasteiger partial charge in [-0.15, -0.1) is 0 Å². The molecule has 0 aliphatic rings. The van der Waals surface area contributed by atoms with Crippen molar-refractivity contribution in [2.45, 2.75) is 26.4 Å². The number of fused-ring (bicyclic) bond motifs is 1. The maximum Gasteiger partial charge on any atom is 0.258 e. The molecule has 3 rings (SSSR count). The summed E-state index contributed by atoms with van der Waals surface area (Å²) in [5, 5.41) is 0.524. The van der Waals surface area contributed by atoms with Gasteiger partial charge in [0, 0.05) is 18.2 Å². The van der Waals surface area contributed by atoms with Gasteiger partial charge in [-0.2, -0.15) is 0 Å². The molecule has 0 saturated heterocycles. The number of rotatable bonds is 7. The monoisotopic (exact) mass is 407 g/mol. The Labute approximate surface area is 175 Å². The van der Waals surface area contributed by atoms with E-state index in [0.717, 1.165) is 5.56 Å². The summed E-state index contributed by atoms with van der Waals surface area (Å²) in [7, 11) is 3.15. The molecule has 7 nitrogen and oxygen atoms in total. The summed E-state index contributed by atoms with van der Waals surface area (Å²) in [6.07, 6.45) is 3.20. The Morgan fingerprint density at radius 3 is 2.43 bits per heavy atom. The summed E-state index contributed by atoms with van der Waals surface area (Å²) in [5.74, 6) is 1.53. The summed E-state index contributed by atoms with van der Waals surface area (Å²) in [6, 6.07) is 12.4. The first-order valence-electron chi connectivity index (χ1n) is 9.61. The number of hydrogen-bond donors (Lipinski definition) is 1. The number of aromatic nitrogens is 2. The van der Waals surface area contributed by atoms with Crippen LogP contribution in [-0.4, -0.2) is 41.0 Å². The number of amides is 1. The fraction of sp³-hybridized carbons (Fsp3) is 0.261. The number of methoxy groups -OCH3 is 2. The van der Waals surface area contributed by atoms with Gasteiger partial charge in [0.1, 0.15) is 17.3 Å². The van der Waals surface area contributed by atoms with Gasteiger partial charge in [0.25, 0.3) is 5.56 Å². The number of ether oxygens (including phenoxy) is 2. The van der Waals surface area contributed by atoms with E-state index in [2.05, 4.69) is 9.97 Å². The summed E-state index contributed by atoms with van der Waals surface area (Å²) >= 11 is 0. The lowest BCUT2D eigenvalue weighted by atomic mass is 10.1. The molecule has 0 fully saturated rings. The molecule has 3 aromatic rings. The molecule has 0 aliphatic carbocycles. The van der Waals surface area contributed by atoms with Crippen molar-refractivity contribution in [2.75, 3.05) is 14.2 Å². The van der Waals surface area contributed by atoms with Crippen LogP contribution in [0.4, 0.5) is 0 Å². The Balaban J connectivity index is 1.84. The summed E-state index contributed by atoms with van der Waals surface area (Å²) < 4.78 is 10.5. The SMILES string of the molecule is COc1cc(/C=C/C(=O)N(Cc2nc3ccccc3c(=O)[nH]2)C(C)C)cc(OC)c1. The van der Waals surface area contributed by atoms with Crippen LogP contribution in [0.1, 0.15) is 25.2 Å². The third kappa shape index (κ3) is 4.86. The first-order chi connectivity index (χ1) is 14.4. The number of nitrogens with zero attached hydrogens (tertiary/aromatic N) is 2. The molecule has 30 heavy (non-hydrogen) atoms. The normalized spacial score (nSPS) is 11.2. The summed E-state index contributed by atoms with van der Waals surface area (Å²) in [5.41, 5.74) is 1.16. The van der Waals surface area contributed by atoms with Gasteiger partial charge in [0.15, 0.2) is 0 Å². The smallest absolute Gasteiger partial charge is 0.258 e. The second-order valence-electron chi connectivity index (χ2n) is 7.07. The van der Waals surface area contributed by atoms with Gasteiger partial charge < -0.3 is 19.4 Å². The molecule has 7 heteroatoms. The van der Waals surface area contributed by atoms with E-state index in [-0.39, 0.29) is 24.1 Å². The Morgan fingerprint density at radius 2 is 1.80 bits per heavy atom. The lowest BCUT2D eigenvalue weighted by molar-refractivity contribution is -0.128. The first-order valence-corrected chi connectivity index (χ1v) is 9.61. The van der Waals surface area contributed by atoms with Gasteiger partial charge in [-0.3, -0.25) is 9.59 Å². The van der Waals surface area contributed by atoms with Crippen LogP contribution in [0.2, 0.25) is 0 Å². The van der Waals surface area contributed by atoms with Crippen LogP contribution in [0.5, 0.6) is 11.5 Å². The molecule has 2 aromatic carbocycles. The van der Waals surface area contributed by atoms with Gasteiger partial charge in [-0.05, 0) is 49.8 Å². The molecule has 0 unspecified atom stereocenters. The number of benzene rings is 2. The molecule has 156 valence electrons. The molecular formula is C23H25N3O4. The van der Waals surface area contributed by atoms with Crippen molar-refractivity contribution in [3.05, 3.63) is 70.3 Å². The van der Waals surface area contributed by atoms with Gasteiger partial charge >= 0.3 is 0 Å². The minimum absolute atomic E-state index is 0.0845. The van der Waals surface area contributed by atoms with Crippen molar-refractivity contribution >= 4 is 22.9 Å². The van der Waals surface area contributed by atoms with Gasteiger partial charge in [-0.1, -0.05) is 12.1 Å². The number of H-pyrrole nitrogens is 1. The van der Waals surface area contributed by atoms with Crippen LogP contribution in [0.15, 0.2) is 53.3 Å². The van der Waals surface area contributed by atoms with Crippen molar-refractivity contribution in [3.63, 3.8) is 0 Å². The molecule has 0 aliphatic heterocycles. The first kappa shape index (κ1) is 21.1. The van der Waals surface area contributed by atoms with Gasteiger partial charge in [-0.25, -0.2) is 4.98 Å². The van der Waals surface area contributed by atoms with E-state index >= 15 is 0 Å². The topological polar surface area (TPSA) is 84.5 Å². The Hall–Kier alpha value is -3.61. The van der Waals surface area contributed by atoms with Crippen LogP contribution < -0.4 is 15.0 Å². The molecule has 1 amide bonds. The van der Waals surface area contributed by atoms with E-state index in [0.29, 0.717) is 28.2 Å². The van der Waals surface area contributed by atoms with Crippen molar-refractivity contribution in [2.24, 2.45) is 0 Å². The van der Waals surface area contributed by atoms with E-state index in [9.17, 15) is 9.59 Å². The zero-order valence-electron chi connectivity index (χ0n) is 17.5. The zero-order valence-corrected chi connectivity index (χ0v) is 17.5. The van der Waals surface area contributed by atoms with Gasteiger partial charge in [0.2, 0.25) is 5.91 Å². The van der Waals surface area contributed by atoms with Crippen molar-refractivity contribution in [1.82, 2.24) is 14.9 Å². The van der Waals surface area contributed by atoms with Gasteiger partial charge in [0.05, 0.1) is 31.7 Å². The second kappa shape index (κ2) is 9.26. The molecule has 0 saturated carbocycles. The van der Waals surface area contributed by atoms with E-state index in [1.54, 1.807) is 49.5 Å². The molecular weight excluding hydrogens is 382 g/mol. The van der Waals surface area contributed by atoms with E-state index in [1.165, 1.54) is 6.08 Å². The quantitative estimate of drug-likeness (QED) is 0.607. The lowest BCUT2D eigenvalue weighted by Gasteiger charge is -2.25. The molecule has 0 radical (unpaired) electrons. The third-order valence-corrected chi connectivity index (χ3v) is 4.68. The van der Waals surface area contributed by atoms with Crippen molar-refractivity contribution in [1.29, 1.82) is 0 Å². The fourth-order valence-electron chi connectivity index (χ4n) is 3.08. The summed E-state index contributed by atoms with van der Waals surface area (Å²) in [6.45, 7) is 4.03. The standard InChI is InChI=1S/C23H25N3O4/c1-15(2)26(14-21-24-20-8-6-5-7-19(20)23(28)25-21)22(27)10-9-16-11-17(29-3)13-18(12-16)30-4/h5-13,15H,14H2,1-4H3,(H,24,25,28)/b10-9+. The molecule has 1 N–H and O–H groups in total. The predicted molar refractivity (Wildman–Crippen MR) is 117 cm³/mol. The lowest BCUT2D eigenvalue weighted by Crippen LogP contribution is -2.36. The number of nitrogens with one attached hydrogen (secondary N) is 1. The predicted octanol–water partition coefficient (Wildman–Crippen LogP) is 3.39. The third-order valence-electron chi connectivity index (χ3n) is 4.68. The maximum atomic E-state index is 12.9. The highest BCUT2D eigenvalue weighted by molar-refractivity contribution is 5.92. The van der Waals surface area contributed by atoms with Crippen LogP contribution in [-0.2, 0) is 11.3 Å². The van der Waals surface area contributed by atoms with Crippen molar-refractivity contribution < 1.29 is 14.3 Å². The average molecular weight is 407 g/mol. The minimum atomic E-state index is -0.217. The highest BCUT2D eigenvalue weighted by Gasteiger charge is 2.17. The summed E-state index contributed by atoms with van der Waals surface area (Å²) in [4.78, 5) is 34.1. The zero-order chi connectivity index (χ0) is 21.7. The molecule has 0 bridgehead atoms. The number of hydrogen-bond acceptors (Lipinski definition) is 5. The Kier molecular flexibility index (Phi) is 6.51. The Bertz CT molecular complexity index is 1110. The molecule has 1 aromatic heterocycles. The fourth-order valence-corrected chi connectivity index (χ4v) is 3.08. The average Bonchev–Trinajstić information content (AvgIpc) is 2.75. The molecule has 0 atom stereocenters. The Morgan fingerprint density at radius 1 is 1.13 bits per heavy atom. The molecule has 1 heterocycles. The van der Waals surface area contributed by atoms with Crippen molar-refractivity contribution in [3.8, 4) is 11.5 Å². The highest BCUT2D eigenvalue weighted by Crippen LogP contribution is 2.23. The number of carbonyl (C=O) groups excluding carboxylic acids is 1. The second-order valence-corrected chi connectivity index (χ2v) is 7.07. The van der Waals surface area contributed by atoms with E-state index < -0.39 is 0 Å². The number of para-hydroxylation sites is 1. The van der Waals surface area contributed by atoms with Crippen LogP contribution in [0.3, 0.4) is 0 Å². The van der Waals surface area contributed by atoms with E-state index in [4.69, 9.17) is 9.47 Å².